The number of nitro groups is 1. The normalized spacial score (nSPS) is 17.2. The first-order valence-corrected chi connectivity index (χ1v) is 5.94. The maximum atomic E-state index is 13.6. The summed E-state index contributed by atoms with van der Waals surface area (Å²) in [4.78, 5) is 21.6. The van der Waals surface area contributed by atoms with Crippen LogP contribution in [0.25, 0.3) is 0 Å². The summed E-state index contributed by atoms with van der Waals surface area (Å²) in [6, 6.07) is 1.79. The summed E-state index contributed by atoms with van der Waals surface area (Å²) in [7, 11) is 1.11. The monoisotopic (exact) mass is 284 g/mol. The van der Waals surface area contributed by atoms with Crippen LogP contribution in [-0.4, -0.2) is 37.3 Å². The molecule has 1 aromatic carbocycles. The lowest BCUT2D eigenvalue weighted by molar-refractivity contribution is -0.384. The molecule has 20 heavy (non-hydrogen) atoms. The van der Waals surface area contributed by atoms with Crippen molar-refractivity contribution in [3.05, 3.63) is 33.6 Å². The largest absolute Gasteiger partial charge is 0.465 e. The first kappa shape index (κ1) is 14.2. The molecule has 0 spiro atoms. The summed E-state index contributed by atoms with van der Waals surface area (Å²) in [6.07, 6.45) is 0.826. The van der Waals surface area contributed by atoms with Crippen LogP contribution >= 0.6 is 0 Å². The maximum absolute atomic E-state index is 13.6. The molecular weight excluding hydrogens is 271 g/mol. The fraction of sp³-hybridized carbons (Fsp3) is 0.417. The topological polar surface area (TPSA) is 90.7 Å². The zero-order valence-electron chi connectivity index (χ0n) is 10.7. The fourth-order valence-electron chi connectivity index (χ4n) is 1.79. The van der Waals surface area contributed by atoms with Crippen molar-refractivity contribution in [2.24, 2.45) is 0 Å². The SMILES string of the molecule is COC(=O)c1cc(NCC2CCO2)c([N+](=O)[O-])cc1F. The summed E-state index contributed by atoms with van der Waals surface area (Å²) < 4.78 is 23.3. The summed E-state index contributed by atoms with van der Waals surface area (Å²) in [5.41, 5.74) is -0.725. The van der Waals surface area contributed by atoms with Crippen molar-refractivity contribution < 1.29 is 23.6 Å². The van der Waals surface area contributed by atoms with Gasteiger partial charge in [0.05, 0.1) is 29.8 Å². The van der Waals surface area contributed by atoms with Crippen LogP contribution in [0.2, 0.25) is 0 Å². The number of carbonyl (C=O) groups is 1. The smallest absolute Gasteiger partial charge is 0.340 e. The first-order valence-electron chi connectivity index (χ1n) is 5.94. The van der Waals surface area contributed by atoms with E-state index in [1.54, 1.807) is 0 Å². The second-order valence-corrected chi connectivity index (χ2v) is 4.26. The molecule has 0 aliphatic carbocycles. The van der Waals surface area contributed by atoms with Crippen LogP contribution < -0.4 is 5.32 Å². The number of nitrogens with one attached hydrogen (secondary N) is 1. The van der Waals surface area contributed by atoms with E-state index in [-0.39, 0.29) is 17.4 Å². The molecular formula is C12H13FN2O5. The molecule has 0 amide bonds. The third kappa shape index (κ3) is 2.85. The Hall–Kier alpha value is -2.22. The van der Waals surface area contributed by atoms with Crippen molar-refractivity contribution in [2.45, 2.75) is 12.5 Å². The van der Waals surface area contributed by atoms with E-state index in [1.165, 1.54) is 0 Å². The third-order valence-corrected chi connectivity index (χ3v) is 3.00. The molecule has 1 saturated heterocycles. The number of hydrogen-bond acceptors (Lipinski definition) is 6. The minimum Gasteiger partial charge on any atom is -0.465 e. The van der Waals surface area contributed by atoms with Gasteiger partial charge < -0.3 is 14.8 Å². The number of ether oxygens (including phenoxy) is 2. The van der Waals surface area contributed by atoms with Gasteiger partial charge in [-0.15, -0.1) is 0 Å². The van der Waals surface area contributed by atoms with Crippen molar-refractivity contribution >= 4 is 17.3 Å². The minimum atomic E-state index is -0.992. The molecule has 1 aliphatic heterocycles. The second-order valence-electron chi connectivity index (χ2n) is 4.26. The Bertz CT molecular complexity index is 545. The predicted molar refractivity (Wildman–Crippen MR) is 67.2 cm³/mol. The van der Waals surface area contributed by atoms with Crippen LogP contribution in [0.15, 0.2) is 12.1 Å². The molecule has 0 bridgehead atoms. The van der Waals surface area contributed by atoms with Gasteiger partial charge in [0.2, 0.25) is 0 Å². The molecule has 0 saturated carbocycles. The van der Waals surface area contributed by atoms with E-state index < -0.39 is 22.4 Å². The van der Waals surface area contributed by atoms with Crippen molar-refractivity contribution in [3.8, 4) is 0 Å². The van der Waals surface area contributed by atoms with E-state index in [9.17, 15) is 19.3 Å². The first-order chi connectivity index (χ1) is 9.52. The number of benzene rings is 1. The van der Waals surface area contributed by atoms with Gasteiger partial charge in [0.1, 0.15) is 11.5 Å². The summed E-state index contributed by atoms with van der Waals surface area (Å²) in [5, 5.41) is 13.7. The van der Waals surface area contributed by atoms with E-state index in [4.69, 9.17) is 4.74 Å². The lowest BCUT2D eigenvalue weighted by Crippen LogP contribution is -2.33. The highest BCUT2D eigenvalue weighted by Crippen LogP contribution is 2.28. The van der Waals surface area contributed by atoms with Crippen LogP contribution in [-0.2, 0) is 9.47 Å². The molecule has 0 aromatic heterocycles. The molecule has 2 rings (SSSR count). The van der Waals surface area contributed by atoms with Gasteiger partial charge in [0, 0.05) is 13.2 Å². The van der Waals surface area contributed by atoms with E-state index in [1.807, 2.05) is 0 Å². The van der Waals surface area contributed by atoms with E-state index in [0.29, 0.717) is 19.2 Å². The average molecular weight is 284 g/mol. The molecule has 7 nitrogen and oxygen atoms in total. The van der Waals surface area contributed by atoms with Crippen LogP contribution in [0.5, 0.6) is 0 Å². The van der Waals surface area contributed by atoms with Gasteiger partial charge in [0.25, 0.3) is 5.69 Å². The highest BCUT2D eigenvalue weighted by molar-refractivity contribution is 5.91. The third-order valence-electron chi connectivity index (χ3n) is 3.00. The summed E-state index contributed by atoms with van der Waals surface area (Å²) in [5.74, 6) is -1.88. The number of nitrogens with zero attached hydrogens (tertiary/aromatic N) is 1. The highest BCUT2D eigenvalue weighted by Gasteiger charge is 2.24. The van der Waals surface area contributed by atoms with Crippen molar-refractivity contribution in [1.29, 1.82) is 0 Å². The van der Waals surface area contributed by atoms with Crippen LogP contribution in [0, 0.1) is 15.9 Å². The summed E-state index contributed by atoms with van der Waals surface area (Å²) >= 11 is 0. The van der Waals surface area contributed by atoms with Gasteiger partial charge in [0.15, 0.2) is 0 Å². The van der Waals surface area contributed by atoms with Crippen LogP contribution in [0.3, 0.4) is 0 Å². The molecule has 108 valence electrons. The number of hydrogen-bond donors (Lipinski definition) is 1. The minimum absolute atomic E-state index is 0.0266. The molecule has 1 heterocycles. The fourth-order valence-corrected chi connectivity index (χ4v) is 1.79. The Labute approximate surface area is 113 Å². The van der Waals surface area contributed by atoms with E-state index >= 15 is 0 Å². The Kier molecular flexibility index (Phi) is 4.14. The number of methoxy groups -OCH3 is 1. The number of rotatable bonds is 5. The van der Waals surface area contributed by atoms with Crippen molar-refractivity contribution in [3.63, 3.8) is 0 Å². The molecule has 1 aromatic rings. The molecule has 1 N–H and O–H groups in total. The van der Waals surface area contributed by atoms with Gasteiger partial charge in [-0.2, -0.15) is 0 Å². The Balaban J connectivity index is 2.29. The Morgan fingerprint density at radius 2 is 2.35 bits per heavy atom. The molecule has 1 fully saturated rings. The average Bonchev–Trinajstić information content (AvgIpc) is 2.37. The molecule has 1 atom stereocenters. The van der Waals surface area contributed by atoms with Gasteiger partial charge in [-0.1, -0.05) is 0 Å². The summed E-state index contributed by atoms with van der Waals surface area (Å²) in [6.45, 7) is 1.01. The standard InChI is InChI=1S/C12H13FN2O5/c1-19-12(16)8-4-10(14-6-7-2-3-20-7)11(15(17)18)5-9(8)13/h4-5,7,14H,2-3,6H2,1H3. The number of anilines is 1. The highest BCUT2D eigenvalue weighted by atomic mass is 19.1. The van der Waals surface area contributed by atoms with Crippen LogP contribution in [0.4, 0.5) is 15.8 Å². The Morgan fingerprint density at radius 1 is 1.65 bits per heavy atom. The maximum Gasteiger partial charge on any atom is 0.340 e. The molecule has 1 aliphatic rings. The van der Waals surface area contributed by atoms with E-state index in [2.05, 4.69) is 10.1 Å². The zero-order chi connectivity index (χ0) is 14.7. The van der Waals surface area contributed by atoms with Crippen LogP contribution in [0.1, 0.15) is 16.8 Å². The van der Waals surface area contributed by atoms with Gasteiger partial charge in [-0.3, -0.25) is 10.1 Å². The number of nitro benzene ring substituents is 1. The Morgan fingerprint density at radius 3 is 2.85 bits per heavy atom. The molecule has 1 unspecified atom stereocenters. The van der Waals surface area contributed by atoms with E-state index in [0.717, 1.165) is 19.6 Å². The molecule has 8 heteroatoms. The number of halogens is 1. The van der Waals surface area contributed by atoms with Gasteiger partial charge in [-0.05, 0) is 12.5 Å². The quantitative estimate of drug-likeness (QED) is 0.503. The molecule has 0 radical (unpaired) electrons. The number of carbonyl (C=O) groups excluding carboxylic acids is 1. The lowest BCUT2D eigenvalue weighted by Gasteiger charge is -2.26. The van der Waals surface area contributed by atoms with Crippen molar-refractivity contribution in [1.82, 2.24) is 0 Å². The lowest BCUT2D eigenvalue weighted by atomic mass is 10.1. The van der Waals surface area contributed by atoms with Crippen molar-refractivity contribution in [2.75, 3.05) is 25.6 Å². The zero-order valence-corrected chi connectivity index (χ0v) is 10.7. The number of esters is 1. The van der Waals surface area contributed by atoms with Gasteiger partial charge >= 0.3 is 5.97 Å². The predicted octanol–water partition coefficient (Wildman–Crippen LogP) is 1.72. The second kappa shape index (κ2) is 5.83. The van der Waals surface area contributed by atoms with Gasteiger partial charge in [-0.25, -0.2) is 9.18 Å².